The molecule has 4 aromatic rings. The lowest BCUT2D eigenvalue weighted by Crippen LogP contribution is -2.31. The van der Waals surface area contributed by atoms with E-state index in [-0.39, 0.29) is 5.91 Å². The maximum Gasteiger partial charge on any atom is 0.233 e. The second-order valence-electron chi connectivity index (χ2n) is 6.96. The molecule has 2 aromatic carbocycles. The van der Waals surface area contributed by atoms with Crippen LogP contribution in [0, 0.1) is 13.8 Å². The Balaban J connectivity index is 1.68. The first-order valence-electron chi connectivity index (χ1n) is 9.37. The average Bonchev–Trinajstić information content (AvgIpc) is 3.40. The van der Waals surface area contributed by atoms with Gasteiger partial charge in [-0.15, -0.1) is 11.8 Å². The number of aromatic nitrogens is 1. The van der Waals surface area contributed by atoms with Gasteiger partial charge in [-0.05, 0) is 61.1 Å². The molecule has 0 saturated carbocycles. The van der Waals surface area contributed by atoms with E-state index in [1.54, 1.807) is 34.3 Å². The van der Waals surface area contributed by atoms with Gasteiger partial charge in [-0.2, -0.15) is 0 Å². The summed E-state index contributed by atoms with van der Waals surface area (Å²) in [6, 6.07) is 16.0. The lowest BCUT2D eigenvalue weighted by molar-refractivity contribution is -0.118. The Kier molecular flexibility index (Phi) is 5.74. The van der Waals surface area contributed by atoms with Gasteiger partial charge in [0.1, 0.15) is 5.76 Å². The van der Waals surface area contributed by atoms with Crippen LogP contribution in [-0.2, 0) is 17.8 Å². The normalized spacial score (nSPS) is 11.1. The third-order valence-electron chi connectivity index (χ3n) is 4.87. The molecule has 0 atom stereocenters. The number of benzene rings is 2. The van der Waals surface area contributed by atoms with Crippen molar-refractivity contribution in [3.8, 4) is 0 Å². The molecule has 0 unspecified atom stereocenters. The minimum absolute atomic E-state index is 0.00710. The first-order chi connectivity index (χ1) is 14.0. The molecule has 29 heavy (non-hydrogen) atoms. The van der Waals surface area contributed by atoms with E-state index in [4.69, 9.17) is 9.40 Å². The van der Waals surface area contributed by atoms with Crippen LogP contribution in [0.2, 0.25) is 0 Å². The third-order valence-corrected chi connectivity index (χ3v) is 6.83. The summed E-state index contributed by atoms with van der Waals surface area (Å²) in [6.07, 6.45) is 4.00. The van der Waals surface area contributed by atoms with Gasteiger partial charge in [0, 0.05) is 4.90 Å². The summed E-state index contributed by atoms with van der Waals surface area (Å²) in [7, 11) is 0. The van der Waals surface area contributed by atoms with Crippen molar-refractivity contribution in [3.63, 3.8) is 0 Å². The smallest absolute Gasteiger partial charge is 0.233 e. The molecule has 1 amide bonds. The maximum absolute atomic E-state index is 13.3. The molecular formula is C23H22N2O2S2. The molecule has 2 aromatic heterocycles. The summed E-state index contributed by atoms with van der Waals surface area (Å²) in [6.45, 7) is 4.50. The van der Waals surface area contributed by atoms with Crippen molar-refractivity contribution in [1.29, 1.82) is 0 Å². The lowest BCUT2D eigenvalue weighted by Gasteiger charge is -2.19. The monoisotopic (exact) mass is 422 g/mol. The van der Waals surface area contributed by atoms with Crippen molar-refractivity contribution in [3.05, 3.63) is 77.2 Å². The Morgan fingerprint density at radius 1 is 1.10 bits per heavy atom. The third kappa shape index (κ3) is 4.23. The predicted molar refractivity (Wildman–Crippen MR) is 121 cm³/mol. The summed E-state index contributed by atoms with van der Waals surface area (Å²) in [5.74, 6) is 0.747. The number of hydrogen-bond acceptors (Lipinski definition) is 5. The highest BCUT2D eigenvalue weighted by atomic mass is 32.2. The second kappa shape index (κ2) is 8.43. The Morgan fingerprint density at radius 2 is 1.86 bits per heavy atom. The van der Waals surface area contributed by atoms with Gasteiger partial charge in [-0.1, -0.05) is 35.6 Å². The maximum atomic E-state index is 13.3. The molecule has 148 valence electrons. The molecule has 0 spiro atoms. The van der Waals surface area contributed by atoms with Crippen molar-refractivity contribution in [2.45, 2.75) is 31.7 Å². The van der Waals surface area contributed by atoms with Gasteiger partial charge in [0.2, 0.25) is 5.91 Å². The van der Waals surface area contributed by atoms with E-state index in [0.29, 0.717) is 18.1 Å². The van der Waals surface area contributed by atoms with Crippen LogP contribution in [0.5, 0.6) is 0 Å². The number of nitrogens with zero attached hydrogens (tertiary/aromatic N) is 2. The molecule has 0 aliphatic rings. The van der Waals surface area contributed by atoms with Crippen molar-refractivity contribution >= 4 is 44.4 Å². The van der Waals surface area contributed by atoms with E-state index in [2.05, 4.69) is 38.1 Å². The molecule has 0 fully saturated rings. The predicted octanol–water partition coefficient (Wildman–Crippen LogP) is 6.00. The molecule has 0 aliphatic heterocycles. The topological polar surface area (TPSA) is 46.3 Å². The van der Waals surface area contributed by atoms with Crippen LogP contribution in [-0.4, -0.2) is 17.1 Å². The summed E-state index contributed by atoms with van der Waals surface area (Å²) in [5.41, 5.74) is 4.25. The number of anilines is 1. The van der Waals surface area contributed by atoms with Crippen molar-refractivity contribution in [2.24, 2.45) is 0 Å². The van der Waals surface area contributed by atoms with E-state index in [1.165, 1.54) is 10.5 Å². The zero-order chi connectivity index (χ0) is 20.4. The summed E-state index contributed by atoms with van der Waals surface area (Å²) < 4.78 is 6.64. The Labute approximate surface area is 178 Å². The molecule has 0 saturated heterocycles. The van der Waals surface area contributed by atoms with Gasteiger partial charge in [-0.3, -0.25) is 9.69 Å². The fourth-order valence-corrected chi connectivity index (χ4v) is 4.73. The number of aryl methyl sites for hydroxylation is 2. The molecule has 4 rings (SSSR count). The number of amides is 1. The number of carbonyl (C=O) groups is 1. The van der Waals surface area contributed by atoms with E-state index in [9.17, 15) is 4.79 Å². The minimum Gasteiger partial charge on any atom is -0.467 e. The van der Waals surface area contributed by atoms with Gasteiger partial charge >= 0.3 is 0 Å². The van der Waals surface area contributed by atoms with Crippen LogP contribution in [0.3, 0.4) is 0 Å². The van der Waals surface area contributed by atoms with Gasteiger partial charge in [0.05, 0.1) is 29.4 Å². The first-order valence-corrected chi connectivity index (χ1v) is 11.4. The Bertz CT molecular complexity index is 1090. The van der Waals surface area contributed by atoms with Crippen LogP contribution in [0.4, 0.5) is 5.13 Å². The largest absolute Gasteiger partial charge is 0.467 e. The van der Waals surface area contributed by atoms with Crippen LogP contribution < -0.4 is 4.90 Å². The summed E-state index contributed by atoms with van der Waals surface area (Å²) in [5, 5.41) is 0.708. The average molecular weight is 423 g/mol. The van der Waals surface area contributed by atoms with Gasteiger partial charge < -0.3 is 4.42 Å². The standard InChI is InChI=1S/C23H22N2O2S2/c1-15-6-7-16(2)22-21(15)24-23(29-22)25(14-18-5-4-12-27-18)20(26)13-17-8-10-19(28-3)11-9-17/h4-12H,13-14H2,1-3H3. The highest BCUT2D eigenvalue weighted by Crippen LogP contribution is 2.34. The number of furan rings is 1. The van der Waals surface area contributed by atoms with E-state index in [0.717, 1.165) is 27.1 Å². The number of thioether (sulfide) groups is 1. The lowest BCUT2D eigenvalue weighted by atomic mass is 10.1. The van der Waals surface area contributed by atoms with Crippen LogP contribution >= 0.6 is 23.1 Å². The SMILES string of the molecule is CSc1ccc(CC(=O)N(Cc2ccco2)c2nc3c(C)ccc(C)c3s2)cc1. The fraction of sp³-hybridized carbons (Fsp3) is 0.217. The molecule has 4 nitrogen and oxygen atoms in total. The van der Waals surface area contributed by atoms with Crippen LogP contribution in [0.1, 0.15) is 22.5 Å². The molecular weight excluding hydrogens is 400 g/mol. The summed E-state index contributed by atoms with van der Waals surface area (Å²) >= 11 is 3.25. The van der Waals surface area contributed by atoms with Crippen LogP contribution in [0.25, 0.3) is 10.2 Å². The van der Waals surface area contributed by atoms with Crippen LogP contribution in [0.15, 0.2) is 64.1 Å². The molecule has 2 heterocycles. The molecule has 0 N–H and O–H groups in total. The molecule has 6 heteroatoms. The zero-order valence-corrected chi connectivity index (χ0v) is 18.3. The van der Waals surface area contributed by atoms with Crippen molar-refractivity contribution < 1.29 is 9.21 Å². The molecule has 0 aliphatic carbocycles. The number of carbonyl (C=O) groups excluding carboxylic acids is 1. The first kappa shape index (κ1) is 19.7. The van der Waals surface area contributed by atoms with E-state index in [1.807, 2.05) is 30.5 Å². The van der Waals surface area contributed by atoms with E-state index >= 15 is 0 Å². The minimum atomic E-state index is 0.00710. The van der Waals surface area contributed by atoms with Gasteiger partial charge in [0.15, 0.2) is 5.13 Å². The number of rotatable bonds is 6. The summed E-state index contributed by atoms with van der Waals surface area (Å²) in [4.78, 5) is 21.0. The van der Waals surface area contributed by atoms with Crippen molar-refractivity contribution in [1.82, 2.24) is 4.98 Å². The highest BCUT2D eigenvalue weighted by Gasteiger charge is 2.22. The van der Waals surface area contributed by atoms with Crippen molar-refractivity contribution in [2.75, 3.05) is 11.2 Å². The number of hydrogen-bond donors (Lipinski definition) is 0. The Hall–Kier alpha value is -2.57. The quantitative estimate of drug-likeness (QED) is 0.357. The second-order valence-corrected chi connectivity index (χ2v) is 8.81. The van der Waals surface area contributed by atoms with Gasteiger partial charge in [-0.25, -0.2) is 4.98 Å². The number of fused-ring (bicyclic) bond motifs is 1. The Morgan fingerprint density at radius 3 is 2.52 bits per heavy atom. The molecule has 0 radical (unpaired) electrons. The number of thiazole rings is 1. The molecule has 0 bridgehead atoms. The van der Waals surface area contributed by atoms with E-state index < -0.39 is 0 Å². The highest BCUT2D eigenvalue weighted by molar-refractivity contribution is 7.98. The zero-order valence-electron chi connectivity index (χ0n) is 16.6. The fourth-order valence-electron chi connectivity index (χ4n) is 3.20. The van der Waals surface area contributed by atoms with Gasteiger partial charge in [0.25, 0.3) is 0 Å².